The number of carbonyl (C=O) groups is 2. The lowest BCUT2D eigenvalue weighted by Gasteiger charge is -2.29. The SMILES string of the molecule is O=C(CN1C(=O)COc2ccc(Cl)cc21)Nc1cccc(Cn2ccnc2)c1. The molecule has 0 bridgehead atoms. The maximum absolute atomic E-state index is 12.6. The molecule has 8 heteroatoms. The van der Waals surface area contributed by atoms with E-state index in [0.717, 1.165) is 5.56 Å². The number of ether oxygens (including phenoxy) is 1. The molecule has 0 spiro atoms. The number of hydrogen-bond donors (Lipinski definition) is 1. The van der Waals surface area contributed by atoms with Crippen LogP contribution in [0.3, 0.4) is 0 Å². The average molecular weight is 397 g/mol. The van der Waals surface area contributed by atoms with E-state index in [1.807, 2.05) is 29.0 Å². The second-order valence-electron chi connectivity index (χ2n) is 6.36. The fourth-order valence-electron chi connectivity index (χ4n) is 3.03. The molecule has 2 aromatic carbocycles. The van der Waals surface area contributed by atoms with Gasteiger partial charge in [-0.2, -0.15) is 0 Å². The number of nitrogens with zero attached hydrogens (tertiary/aromatic N) is 3. The average Bonchev–Trinajstić information content (AvgIpc) is 3.17. The molecular weight excluding hydrogens is 380 g/mol. The highest BCUT2D eigenvalue weighted by molar-refractivity contribution is 6.31. The molecule has 0 atom stereocenters. The van der Waals surface area contributed by atoms with Gasteiger partial charge >= 0.3 is 0 Å². The molecule has 1 aromatic heterocycles. The van der Waals surface area contributed by atoms with Crippen LogP contribution < -0.4 is 15.0 Å². The Morgan fingerprint density at radius 2 is 2.14 bits per heavy atom. The first-order valence-electron chi connectivity index (χ1n) is 8.66. The minimum Gasteiger partial charge on any atom is -0.482 e. The van der Waals surface area contributed by atoms with Crippen LogP contribution in [-0.2, 0) is 16.1 Å². The van der Waals surface area contributed by atoms with E-state index in [1.165, 1.54) is 4.90 Å². The van der Waals surface area contributed by atoms with Gasteiger partial charge in [0.25, 0.3) is 5.91 Å². The molecule has 1 N–H and O–H groups in total. The smallest absolute Gasteiger partial charge is 0.265 e. The van der Waals surface area contributed by atoms with E-state index in [9.17, 15) is 9.59 Å². The van der Waals surface area contributed by atoms with E-state index in [1.54, 1.807) is 36.8 Å². The molecule has 2 amide bonds. The summed E-state index contributed by atoms with van der Waals surface area (Å²) < 4.78 is 7.34. The van der Waals surface area contributed by atoms with E-state index >= 15 is 0 Å². The number of benzene rings is 2. The molecule has 7 nitrogen and oxygen atoms in total. The molecule has 4 rings (SSSR count). The summed E-state index contributed by atoms with van der Waals surface area (Å²) in [6.45, 7) is 0.418. The van der Waals surface area contributed by atoms with Gasteiger partial charge < -0.3 is 14.6 Å². The van der Waals surface area contributed by atoms with Crippen molar-refractivity contribution in [3.05, 3.63) is 71.8 Å². The van der Waals surface area contributed by atoms with Crippen molar-refractivity contribution in [2.45, 2.75) is 6.54 Å². The molecule has 2 heterocycles. The number of nitrogens with one attached hydrogen (secondary N) is 1. The van der Waals surface area contributed by atoms with E-state index in [-0.39, 0.29) is 25.0 Å². The summed E-state index contributed by atoms with van der Waals surface area (Å²) in [6.07, 6.45) is 5.32. The van der Waals surface area contributed by atoms with Crippen molar-refractivity contribution in [2.75, 3.05) is 23.4 Å². The Kier molecular flexibility index (Phi) is 4.99. The zero-order chi connectivity index (χ0) is 19.5. The largest absolute Gasteiger partial charge is 0.482 e. The van der Waals surface area contributed by atoms with E-state index in [0.29, 0.717) is 28.7 Å². The summed E-state index contributed by atoms with van der Waals surface area (Å²) >= 11 is 6.03. The minimum atomic E-state index is -0.305. The van der Waals surface area contributed by atoms with Crippen LogP contribution in [0.1, 0.15) is 5.56 Å². The molecule has 0 fully saturated rings. The van der Waals surface area contributed by atoms with Gasteiger partial charge in [-0.3, -0.25) is 14.5 Å². The first-order valence-corrected chi connectivity index (χ1v) is 9.03. The predicted octanol–water partition coefficient (Wildman–Crippen LogP) is 2.95. The Morgan fingerprint density at radius 3 is 2.96 bits per heavy atom. The van der Waals surface area contributed by atoms with Gasteiger partial charge in [0, 0.05) is 29.6 Å². The summed E-state index contributed by atoms with van der Waals surface area (Å²) in [5, 5.41) is 3.31. The van der Waals surface area contributed by atoms with Crippen molar-refractivity contribution in [1.29, 1.82) is 0 Å². The second kappa shape index (κ2) is 7.74. The predicted molar refractivity (Wildman–Crippen MR) is 106 cm³/mol. The molecule has 3 aromatic rings. The van der Waals surface area contributed by atoms with Crippen LogP contribution in [0.5, 0.6) is 5.75 Å². The number of halogens is 1. The maximum atomic E-state index is 12.6. The lowest BCUT2D eigenvalue weighted by atomic mass is 10.2. The van der Waals surface area contributed by atoms with Crippen LogP contribution in [0.25, 0.3) is 0 Å². The molecule has 0 unspecified atom stereocenters. The summed E-state index contributed by atoms with van der Waals surface area (Å²) in [5.41, 5.74) is 2.18. The van der Waals surface area contributed by atoms with Crippen LogP contribution in [0, 0.1) is 0 Å². The first-order chi connectivity index (χ1) is 13.6. The Labute approximate surface area is 166 Å². The number of rotatable bonds is 5. The van der Waals surface area contributed by atoms with Crippen molar-refractivity contribution in [2.24, 2.45) is 0 Å². The number of imidazole rings is 1. The molecule has 0 saturated heterocycles. The van der Waals surface area contributed by atoms with Gasteiger partial charge in [0.15, 0.2) is 6.61 Å². The van der Waals surface area contributed by atoms with Crippen molar-refractivity contribution in [3.8, 4) is 5.75 Å². The number of anilines is 2. The van der Waals surface area contributed by atoms with Crippen molar-refractivity contribution in [3.63, 3.8) is 0 Å². The van der Waals surface area contributed by atoms with Crippen molar-refractivity contribution in [1.82, 2.24) is 9.55 Å². The fraction of sp³-hybridized carbons (Fsp3) is 0.150. The highest BCUT2D eigenvalue weighted by atomic mass is 35.5. The van der Waals surface area contributed by atoms with Gasteiger partial charge in [0.1, 0.15) is 12.3 Å². The zero-order valence-corrected chi connectivity index (χ0v) is 15.6. The topological polar surface area (TPSA) is 76.5 Å². The quantitative estimate of drug-likeness (QED) is 0.719. The van der Waals surface area contributed by atoms with Crippen LogP contribution in [-0.4, -0.2) is 34.5 Å². The second-order valence-corrected chi connectivity index (χ2v) is 6.80. The Balaban J connectivity index is 1.46. The van der Waals surface area contributed by atoms with Crippen LogP contribution in [0.2, 0.25) is 5.02 Å². The molecule has 0 radical (unpaired) electrons. The summed E-state index contributed by atoms with van der Waals surface area (Å²) in [7, 11) is 0. The number of carbonyl (C=O) groups excluding carboxylic acids is 2. The van der Waals surface area contributed by atoms with Gasteiger partial charge in [0.05, 0.1) is 12.0 Å². The third kappa shape index (κ3) is 3.99. The zero-order valence-electron chi connectivity index (χ0n) is 14.8. The van der Waals surface area contributed by atoms with Crippen molar-refractivity contribution >= 4 is 34.8 Å². The highest BCUT2D eigenvalue weighted by Crippen LogP contribution is 2.34. The third-order valence-corrected chi connectivity index (χ3v) is 4.54. The molecule has 1 aliphatic rings. The van der Waals surface area contributed by atoms with E-state index in [4.69, 9.17) is 16.3 Å². The fourth-order valence-corrected chi connectivity index (χ4v) is 3.20. The molecule has 0 saturated carbocycles. The van der Waals surface area contributed by atoms with Crippen LogP contribution in [0.15, 0.2) is 61.2 Å². The standard InChI is InChI=1S/C20H17ClN4O3/c21-15-4-5-18-17(9-15)25(20(27)12-28-18)11-19(26)23-16-3-1-2-14(8-16)10-24-7-6-22-13-24/h1-9,13H,10-12H2,(H,23,26). The molecular formula is C20H17ClN4O3. The first kappa shape index (κ1) is 18.1. The van der Waals surface area contributed by atoms with Gasteiger partial charge in [0.2, 0.25) is 5.91 Å². The van der Waals surface area contributed by atoms with Gasteiger partial charge in [-0.1, -0.05) is 23.7 Å². The van der Waals surface area contributed by atoms with Gasteiger partial charge in [-0.15, -0.1) is 0 Å². The Morgan fingerprint density at radius 1 is 1.25 bits per heavy atom. The van der Waals surface area contributed by atoms with Crippen LogP contribution >= 0.6 is 11.6 Å². The molecule has 1 aliphatic heterocycles. The highest BCUT2D eigenvalue weighted by Gasteiger charge is 2.27. The van der Waals surface area contributed by atoms with E-state index < -0.39 is 0 Å². The summed E-state index contributed by atoms with van der Waals surface area (Å²) in [6, 6.07) is 12.5. The lowest BCUT2D eigenvalue weighted by Crippen LogP contribution is -2.43. The van der Waals surface area contributed by atoms with Crippen molar-refractivity contribution < 1.29 is 14.3 Å². The molecule has 142 valence electrons. The number of aromatic nitrogens is 2. The van der Waals surface area contributed by atoms with Crippen LogP contribution in [0.4, 0.5) is 11.4 Å². The lowest BCUT2D eigenvalue weighted by molar-refractivity contribution is -0.123. The number of hydrogen-bond acceptors (Lipinski definition) is 4. The summed E-state index contributed by atoms with van der Waals surface area (Å²) in [5.74, 6) is -0.0705. The Bertz CT molecular complexity index is 1020. The summed E-state index contributed by atoms with van der Waals surface area (Å²) in [4.78, 5) is 30.2. The number of fused-ring (bicyclic) bond motifs is 1. The maximum Gasteiger partial charge on any atom is 0.265 e. The van der Waals surface area contributed by atoms with Gasteiger partial charge in [-0.25, -0.2) is 4.98 Å². The molecule has 28 heavy (non-hydrogen) atoms. The van der Waals surface area contributed by atoms with E-state index in [2.05, 4.69) is 10.3 Å². The third-order valence-electron chi connectivity index (χ3n) is 4.30. The monoisotopic (exact) mass is 396 g/mol. The van der Waals surface area contributed by atoms with Gasteiger partial charge in [-0.05, 0) is 35.9 Å². The number of amides is 2. The Hall–Kier alpha value is -3.32. The normalized spacial score (nSPS) is 13.0. The minimum absolute atomic E-state index is 0.109. The molecule has 0 aliphatic carbocycles.